The Morgan fingerprint density at radius 2 is 1.82 bits per heavy atom. The lowest BCUT2D eigenvalue weighted by Crippen LogP contribution is -2.25. The van der Waals surface area contributed by atoms with Crippen LogP contribution in [0.15, 0.2) is 71.5 Å². The number of rotatable bonds is 7. The number of nitrogens with two attached hydrogens (primary N) is 1. The smallest absolute Gasteiger partial charge is 0.260 e. The van der Waals surface area contributed by atoms with Gasteiger partial charge in [0.2, 0.25) is 0 Å². The van der Waals surface area contributed by atoms with Gasteiger partial charge in [0.1, 0.15) is 17.5 Å². The highest BCUT2D eigenvalue weighted by Gasteiger charge is 2.19. The maximum Gasteiger partial charge on any atom is 0.260 e. The molecular weight excluding hydrogens is 440 g/mol. The van der Waals surface area contributed by atoms with E-state index in [1.807, 2.05) is 0 Å². The van der Waals surface area contributed by atoms with Crippen molar-refractivity contribution in [3.05, 3.63) is 94.3 Å². The van der Waals surface area contributed by atoms with E-state index in [2.05, 4.69) is 5.32 Å². The molecule has 0 atom stereocenters. The van der Waals surface area contributed by atoms with E-state index < -0.39 is 17.5 Å². The zero-order valence-corrected chi connectivity index (χ0v) is 18.5. The van der Waals surface area contributed by atoms with Gasteiger partial charge in [-0.1, -0.05) is 30.3 Å². The number of carbonyl (C=O) groups is 1. The molecule has 0 fully saturated rings. The minimum atomic E-state index is -0.532. The van der Waals surface area contributed by atoms with Crippen LogP contribution in [0.5, 0.6) is 0 Å². The van der Waals surface area contributed by atoms with Gasteiger partial charge in [0.15, 0.2) is 0 Å². The molecule has 8 heteroatoms. The first-order chi connectivity index (χ1) is 16.4. The average molecular weight is 463 g/mol. The SMILES string of the molecule is COCCCn1c(N)c(-c2ccccc2F)c2ccc(NC(=O)c3cccc(F)c3)cc2c1=O. The molecule has 4 rings (SSSR count). The van der Waals surface area contributed by atoms with Crippen LogP contribution in [0, 0.1) is 11.6 Å². The van der Waals surface area contributed by atoms with Crippen LogP contribution < -0.4 is 16.6 Å². The van der Waals surface area contributed by atoms with Crippen molar-refractivity contribution in [1.82, 2.24) is 4.57 Å². The largest absolute Gasteiger partial charge is 0.385 e. The number of methoxy groups -OCH3 is 1. The Hall–Kier alpha value is -4.04. The number of fused-ring (bicyclic) bond motifs is 1. The summed E-state index contributed by atoms with van der Waals surface area (Å²) in [5, 5.41) is 3.41. The van der Waals surface area contributed by atoms with Crippen molar-refractivity contribution in [3.8, 4) is 11.1 Å². The molecule has 1 amide bonds. The normalized spacial score (nSPS) is 11.0. The number of benzene rings is 3. The van der Waals surface area contributed by atoms with Crippen LogP contribution in [0.4, 0.5) is 20.3 Å². The molecule has 3 aromatic carbocycles. The van der Waals surface area contributed by atoms with Crippen LogP contribution in [-0.4, -0.2) is 24.2 Å². The summed E-state index contributed by atoms with van der Waals surface area (Å²) in [7, 11) is 1.56. The Kier molecular flexibility index (Phi) is 6.70. The molecule has 0 saturated heterocycles. The third-order valence-electron chi connectivity index (χ3n) is 5.53. The van der Waals surface area contributed by atoms with E-state index in [0.29, 0.717) is 29.7 Å². The molecule has 0 spiro atoms. The van der Waals surface area contributed by atoms with E-state index in [4.69, 9.17) is 10.5 Å². The quantitative estimate of drug-likeness (QED) is 0.385. The van der Waals surface area contributed by atoms with E-state index >= 15 is 0 Å². The molecule has 0 unspecified atom stereocenters. The number of nitrogens with one attached hydrogen (secondary N) is 1. The van der Waals surface area contributed by atoms with Gasteiger partial charge < -0.3 is 15.8 Å². The molecule has 174 valence electrons. The average Bonchev–Trinajstić information content (AvgIpc) is 2.83. The lowest BCUT2D eigenvalue weighted by molar-refractivity contribution is 0.102. The number of pyridine rings is 1. The van der Waals surface area contributed by atoms with Crippen LogP contribution in [0.2, 0.25) is 0 Å². The first kappa shape index (κ1) is 23.1. The number of hydrogen-bond donors (Lipinski definition) is 2. The highest BCUT2D eigenvalue weighted by Crippen LogP contribution is 2.35. The number of carbonyl (C=O) groups excluding carboxylic acids is 1. The second-order valence-electron chi connectivity index (χ2n) is 7.77. The zero-order valence-electron chi connectivity index (χ0n) is 18.5. The van der Waals surface area contributed by atoms with E-state index in [-0.39, 0.29) is 34.4 Å². The Labute approximate surface area is 194 Å². The van der Waals surface area contributed by atoms with Gasteiger partial charge >= 0.3 is 0 Å². The highest BCUT2D eigenvalue weighted by atomic mass is 19.1. The van der Waals surface area contributed by atoms with Crippen molar-refractivity contribution >= 4 is 28.2 Å². The molecule has 34 heavy (non-hydrogen) atoms. The maximum absolute atomic E-state index is 14.7. The van der Waals surface area contributed by atoms with Gasteiger partial charge in [0.05, 0.1) is 0 Å². The van der Waals surface area contributed by atoms with Crippen molar-refractivity contribution in [2.45, 2.75) is 13.0 Å². The van der Waals surface area contributed by atoms with Gasteiger partial charge in [-0.15, -0.1) is 0 Å². The molecule has 0 bridgehead atoms. The maximum atomic E-state index is 14.7. The fourth-order valence-electron chi connectivity index (χ4n) is 3.91. The fourth-order valence-corrected chi connectivity index (χ4v) is 3.91. The van der Waals surface area contributed by atoms with Crippen LogP contribution >= 0.6 is 0 Å². The van der Waals surface area contributed by atoms with Gasteiger partial charge in [-0.25, -0.2) is 8.78 Å². The summed E-state index contributed by atoms with van der Waals surface area (Å²) in [5.41, 5.74) is 7.16. The molecule has 1 heterocycles. The Morgan fingerprint density at radius 1 is 1.03 bits per heavy atom. The molecule has 0 saturated carbocycles. The third-order valence-corrected chi connectivity index (χ3v) is 5.53. The summed E-state index contributed by atoms with van der Waals surface area (Å²) in [5.74, 6) is -1.38. The van der Waals surface area contributed by atoms with E-state index in [1.165, 1.54) is 34.9 Å². The van der Waals surface area contributed by atoms with Crippen molar-refractivity contribution < 1.29 is 18.3 Å². The minimum Gasteiger partial charge on any atom is -0.385 e. The fraction of sp³-hybridized carbons (Fsp3) is 0.154. The van der Waals surface area contributed by atoms with E-state index in [1.54, 1.807) is 37.4 Å². The van der Waals surface area contributed by atoms with Gasteiger partial charge in [0.25, 0.3) is 11.5 Å². The molecule has 6 nitrogen and oxygen atoms in total. The summed E-state index contributed by atoms with van der Waals surface area (Å²) in [4.78, 5) is 25.9. The minimum absolute atomic E-state index is 0.140. The number of nitrogen functional groups attached to an aromatic ring is 1. The van der Waals surface area contributed by atoms with Crippen molar-refractivity contribution in [1.29, 1.82) is 0 Å². The molecule has 3 N–H and O–H groups in total. The lowest BCUT2D eigenvalue weighted by Gasteiger charge is -2.18. The van der Waals surface area contributed by atoms with Crippen molar-refractivity contribution in [3.63, 3.8) is 0 Å². The van der Waals surface area contributed by atoms with Gasteiger partial charge in [-0.3, -0.25) is 14.2 Å². The number of amides is 1. The Bertz CT molecular complexity index is 1430. The Balaban J connectivity index is 1.85. The van der Waals surface area contributed by atoms with Crippen LogP contribution in [0.3, 0.4) is 0 Å². The topological polar surface area (TPSA) is 86.3 Å². The zero-order chi connectivity index (χ0) is 24.2. The summed E-state index contributed by atoms with van der Waals surface area (Å²) in [6.45, 7) is 0.693. The number of hydrogen-bond acceptors (Lipinski definition) is 4. The first-order valence-corrected chi connectivity index (χ1v) is 10.7. The Morgan fingerprint density at radius 3 is 2.56 bits per heavy atom. The summed E-state index contributed by atoms with van der Waals surface area (Å²) in [6, 6.07) is 16.2. The summed E-state index contributed by atoms with van der Waals surface area (Å²) >= 11 is 0. The predicted molar refractivity (Wildman–Crippen MR) is 129 cm³/mol. The highest BCUT2D eigenvalue weighted by molar-refractivity contribution is 6.07. The molecule has 4 aromatic rings. The molecule has 0 aliphatic heterocycles. The number of halogens is 2. The number of anilines is 2. The summed E-state index contributed by atoms with van der Waals surface area (Å²) in [6.07, 6.45) is 0.527. The number of ether oxygens (including phenoxy) is 1. The standard InChI is InChI=1S/C26H23F2N3O3/c1-34-13-5-12-31-24(29)23(20-8-2-3-9-22(20)28)19-11-10-18(15-21(19)26(31)33)30-25(32)16-6-4-7-17(27)14-16/h2-4,6-11,14-15H,5,12-13,29H2,1H3,(H,30,32). The number of aromatic nitrogens is 1. The second-order valence-corrected chi connectivity index (χ2v) is 7.77. The number of nitrogens with zero attached hydrogens (tertiary/aromatic N) is 1. The van der Waals surface area contributed by atoms with Crippen LogP contribution in [0.1, 0.15) is 16.8 Å². The molecule has 1 aromatic heterocycles. The third kappa shape index (κ3) is 4.53. The van der Waals surface area contributed by atoms with Gasteiger partial charge in [-0.2, -0.15) is 0 Å². The first-order valence-electron chi connectivity index (χ1n) is 10.7. The molecule has 0 radical (unpaired) electrons. The lowest BCUT2D eigenvalue weighted by atomic mass is 9.98. The van der Waals surface area contributed by atoms with Crippen LogP contribution in [-0.2, 0) is 11.3 Å². The van der Waals surface area contributed by atoms with Crippen molar-refractivity contribution in [2.24, 2.45) is 0 Å². The second kappa shape index (κ2) is 9.84. The predicted octanol–water partition coefficient (Wildman–Crippen LogP) is 4.82. The molecule has 0 aliphatic carbocycles. The van der Waals surface area contributed by atoms with E-state index in [0.717, 1.165) is 6.07 Å². The van der Waals surface area contributed by atoms with Gasteiger partial charge in [0, 0.05) is 48.0 Å². The molecule has 0 aliphatic rings. The van der Waals surface area contributed by atoms with Crippen molar-refractivity contribution in [2.75, 3.05) is 24.8 Å². The van der Waals surface area contributed by atoms with E-state index in [9.17, 15) is 18.4 Å². The van der Waals surface area contributed by atoms with Crippen LogP contribution in [0.25, 0.3) is 21.9 Å². The molecular formula is C26H23F2N3O3. The monoisotopic (exact) mass is 463 g/mol. The van der Waals surface area contributed by atoms with Gasteiger partial charge in [-0.05, 0) is 48.2 Å². The summed E-state index contributed by atoms with van der Waals surface area (Å²) < 4.78 is 34.7.